The number of amides is 1. The van der Waals surface area contributed by atoms with Crippen molar-refractivity contribution < 1.29 is 13.2 Å². The number of hydrogen-bond donors (Lipinski definition) is 1. The van der Waals surface area contributed by atoms with Gasteiger partial charge in [-0.15, -0.1) is 0 Å². The molecule has 26 heavy (non-hydrogen) atoms. The Morgan fingerprint density at radius 1 is 1.08 bits per heavy atom. The average molecular weight is 373 g/mol. The first-order chi connectivity index (χ1) is 12.4. The molecule has 1 aromatic carbocycles. The number of carbonyl (C=O) groups excluding carboxylic acids is 1. The van der Waals surface area contributed by atoms with Gasteiger partial charge in [-0.3, -0.25) is 4.79 Å². The summed E-state index contributed by atoms with van der Waals surface area (Å²) in [6, 6.07) is 7.85. The van der Waals surface area contributed by atoms with E-state index < -0.39 is 10.0 Å². The van der Waals surface area contributed by atoms with E-state index in [1.165, 1.54) is 4.31 Å². The van der Waals surface area contributed by atoms with Crippen LogP contribution >= 0.6 is 0 Å². The summed E-state index contributed by atoms with van der Waals surface area (Å²) < 4.78 is 27.5. The Morgan fingerprint density at radius 2 is 1.77 bits per heavy atom. The van der Waals surface area contributed by atoms with E-state index in [1.54, 1.807) is 18.7 Å². The van der Waals surface area contributed by atoms with E-state index in [0.717, 1.165) is 30.5 Å². The molecule has 1 aromatic heterocycles. The molecule has 2 aliphatic rings. The second kappa shape index (κ2) is 6.25. The van der Waals surface area contributed by atoms with Crippen molar-refractivity contribution in [2.75, 3.05) is 24.5 Å². The molecule has 0 bridgehead atoms. The summed E-state index contributed by atoms with van der Waals surface area (Å²) in [4.78, 5) is 18.2. The van der Waals surface area contributed by atoms with E-state index in [4.69, 9.17) is 0 Å². The molecule has 7 heteroatoms. The lowest BCUT2D eigenvalue weighted by molar-refractivity contribution is 0.0984. The molecule has 0 radical (unpaired) electrons. The highest BCUT2D eigenvalue weighted by atomic mass is 32.2. The fourth-order valence-corrected chi connectivity index (χ4v) is 6.00. The van der Waals surface area contributed by atoms with Gasteiger partial charge >= 0.3 is 0 Å². The van der Waals surface area contributed by atoms with E-state index in [1.807, 2.05) is 24.3 Å². The fraction of sp³-hybridized carbons (Fsp3) is 0.421. The normalized spacial score (nSPS) is 17.7. The van der Waals surface area contributed by atoms with Crippen LogP contribution in [-0.2, 0) is 16.4 Å². The third-order valence-corrected chi connectivity index (χ3v) is 7.55. The molecule has 0 unspecified atom stereocenters. The lowest BCUT2D eigenvalue weighted by Crippen LogP contribution is -2.30. The number of anilines is 1. The highest BCUT2D eigenvalue weighted by Crippen LogP contribution is 2.32. The molecule has 4 rings (SSSR count). The highest BCUT2D eigenvalue weighted by molar-refractivity contribution is 7.89. The monoisotopic (exact) mass is 373 g/mol. The predicted octanol–water partition coefficient (Wildman–Crippen LogP) is 2.62. The van der Waals surface area contributed by atoms with Gasteiger partial charge in [0.1, 0.15) is 10.6 Å². The zero-order valence-electron chi connectivity index (χ0n) is 15.1. The Labute approximate surface area is 153 Å². The van der Waals surface area contributed by atoms with Crippen molar-refractivity contribution in [1.29, 1.82) is 0 Å². The summed E-state index contributed by atoms with van der Waals surface area (Å²) in [5, 5.41) is 0. The molecule has 1 N–H and O–H groups in total. The maximum Gasteiger partial charge on any atom is 0.275 e. The third-order valence-electron chi connectivity index (χ3n) is 5.38. The first kappa shape index (κ1) is 17.3. The molecule has 2 aliphatic heterocycles. The van der Waals surface area contributed by atoms with Gasteiger partial charge < -0.3 is 9.88 Å². The summed E-state index contributed by atoms with van der Waals surface area (Å²) >= 11 is 0. The largest absolute Gasteiger partial charge is 0.353 e. The number of rotatable bonds is 3. The lowest BCUT2D eigenvalue weighted by atomic mass is 10.2. The van der Waals surface area contributed by atoms with Gasteiger partial charge in [0.25, 0.3) is 5.91 Å². The van der Waals surface area contributed by atoms with Gasteiger partial charge in [-0.2, -0.15) is 4.31 Å². The van der Waals surface area contributed by atoms with Crippen molar-refractivity contribution in [2.45, 2.75) is 38.0 Å². The van der Waals surface area contributed by atoms with Crippen LogP contribution < -0.4 is 4.90 Å². The number of aromatic nitrogens is 1. The molecule has 1 saturated heterocycles. The second-order valence-electron chi connectivity index (χ2n) is 7.03. The average Bonchev–Trinajstić information content (AvgIpc) is 3.33. The topological polar surface area (TPSA) is 73.5 Å². The van der Waals surface area contributed by atoms with E-state index >= 15 is 0 Å². The number of aromatic amines is 1. The highest BCUT2D eigenvalue weighted by Gasteiger charge is 2.35. The van der Waals surface area contributed by atoms with Gasteiger partial charge in [0.2, 0.25) is 10.0 Å². The molecule has 2 aromatic rings. The number of para-hydroxylation sites is 1. The number of benzene rings is 1. The summed E-state index contributed by atoms with van der Waals surface area (Å²) in [7, 11) is -3.57. The molecule has 6 nitrogen and oxygen atoms in total. The Bertz CT molecular complexity index is 972. The Hall–Kier alpha value is -2.12. The quantitative estimate of drug-likeness (QED) is 0.899. The molecule has 1 fully saturated rings. The van der Waals surface area contributed by atoms with Gasteiger partial charge in [0.15, 0.2) is 0 Å². The number of hydrogen-bond acceptors (Lipinski definition) is 3. The number of H-pyrrole nitrogens is 1. The maximum atomic E-state index is 13.1. The Balaban J connectivity index is 1.72. The van der Waals surface area contributed by atoms with Crippen LogP contribution in [0.2, 0.25) is 0 Å². The zero-order valence-corrected chi connectivity index (χ0v) is 15.9. The SMILES string of the molecule is Cc1[nH]c(C(=O)N2CCc3ccccc32)c(C)c1S(=O)(=O)N1CCCC1. The standard InChI is InChI=1S/C19H23N3O3S/c1-13-17(19(23)22-12-9-15-7-3-4-8-16(15)22)20-14(2)18(13)26(24,25)21-10-5-6-11-21/h3-4,7-8,20H,5-6,9-12H2,1-2H3. The molecule has 0 spiro atoms. The van der Waals surface area contributed by atoms with Crippen molar-refractivity contribution in [1.82, 2.24) is 9.29 Å². The minimum atomic E-state index is -3.57. The van der Waals surface area contributed by atoms with Gasteiger partial charge in [-0.1, -0.05) is 18.2 Å². The molecule has 0 aliphatic carbocycles. The first-order valence-corrected chi connectivity index (χ1v) is 10.4. The Kier molecular flexibility index (Phi) is 4.16. The van der Waals surface area contributed by atoms with Crippen LogP contribution in [0.25, 0.3) is 0 Å². The minimum absolute atomic E-state index is 0.168. The van der Waals surface area contributed by atoms with Gasteiger partial charge in [-0.05, 0) is 50.3 Å². The molecule has 138 valence electrons. The lowest BCUT2D eigenvalue weighted by Gasteiger charge is -2.18. The van der Waals surface area contributed by atoms with Crippen LogP contribution in [0.1, 0.15) is 40.2 Å². The molecular weight excluding hydrogens is 350 g/mol. The van der Waals surface area contributed by atoms with Crippen LogP contribution in [0.3, 0.4) is 0 Å². The van der Waals surface area contributed by atoms with Crippen molar-refractivity contribution in [3.8, 4) is 0 Å². The van der Waals surface area contributed by atoms with Crippen molar-refractivity contribution in [3.05, 3.63) is 46.8 Å². The fourth-order valence-electron chi connectivity index (χ4n) is 4.08. The number of sulfonamides is 1. The van der Waals surface area contributed by atoms with E-state index in [9.17, 15) is 13.2 Å². The third kappa shape index (κ3) is 2.57. The van der Waals surface area contributed by atoms with Crippen molar-refractivity contribution >= 4 is 21.6 Å². The first-order valence-electron chi connectivity index (χ1n) is 9.00. The summed E-state index contributed by atoms with van der Waals surface area (Å²) in [5.41, 5.74) is 3.48. The summed E-state index contributed by atoms with van der Waals surface area (Å²) in [6.07, 6.45) is 2.59. The number of fused-ring (bicyclic) bond motifs is 1. The Morgan fingerprint density at radius 3 is 2.50 bits per heavy atom. The van der Waals surface area contributed by atoms with Gasteiger partial charge in [-0.25, -0.2) is 8.42 Å². The second-order valence-corrected chi connectivity index (χ2v) is 8.90. The van der Waals surface area contributed by atoms with Crippen LogP contribution in [-0.4, -0.2) is 43.2 Å². The van der Waals surface area contributed by atoms with Crippen LogP contribution in [0, 0.1) is 13.8 Å². The molecule has 0 saturated carbocycles. The molecule has 1 amide bonds. The minimum Gasteiger partial charge on any atom is -0.353 e. The van der Waals surface area contributed by atoms with Crippen LogP contribution in [0.4, 0.5) is 5.69 Å². The van der Waals surface area contributed by atoms with E-state index in [-0.39, 0.29) is 10.8 Å². The smallest absolute Gasteiger partial charge is 0.275 e. The number of carbonyl (C=O) groups is 1. The summed E-state index contributed by atoms with van der Waals surface area (Å²) in [5.74, 6) is -0.168. The number of aryl methyl sites for hydroxylation is 1. The zero-order chi connectivity index (χ0) is 18.5. The van der Waals surface area contributed by atoms with Crippen molar-refractivity contribution in [3.63, 3.8) is 0 Å². The molecule has 3 heterocycles. The van der Waals surface area contributed by atoms with Gasteiger partial charge in [0, 0.05) is 31.0 Å². The number of nitrogens with one attached hydrogen (secondary N) is 1. The molecular formula is C19H23N3O3S. The predicted molar refractivity (Wildman–Crippen MR) is 100 cm³/mol. The van der Waals surface area contributed by atoms with Gasteiger partial charge in [0.05, 0.1) is 0 Å². The van der Waals surface area contributed by atoms with E-state index in [0.29, 0.717) is 36.6 Å². The number of nitrogens with zero attached hydrogens (tertiary/aromatic N) is 2. The van der Waals surface area contributed by atoms with E-state index in [2.05, 4.69) is 4.98 Å². The van der Waals surface area contributed by atoms with Crippen LogP contribution in [0.5, 0.6) is 0 Å². The summed E-state index contributed by atoms with van der Waals surface area (Å²) in [6.45, 7) is 5.17. The molecule has 0 atom stereocenters. The maximum absolute atomic E-state index is 13.1. The van der Waals surface area contributed by atoms with Crippen molar-refractivity contribution in [2.24, 2.45) is 0 Å². The van der Waals surface area contributed by atoms with Crippen LogP contribution in [0.15, 0.2) is 29.2 Å².